The van der Waals surface area contributed by atoms with Gasteiger partial charge in [-0.25, -0.2) is 0 Å². The number of aromatic nitrogens is 2. The first-order valence-electron chi connectivity index (χ1n) is 8.38. The molecule has 3 aromatic rings. The summed E-state index contributed by atoms with van der Waals surface area (Å²) in [6.07, 6.45) is 2.35. The lowest BCUT2D eigenvalue weighted by atomic mass is 10.0. The van der Waals surface area contributed by atoms with E-state index in [0.717, 1.165) is 27.7 Å². The van der Waals surface area contributed by atoms with E-state index in [4.69, 9.17) is 11.5 Å². The molecular formula is C19H21N5O2. The highest BCUT2D eigenvalue weighted by molar-refractivity contribution is 6.00. The van der Waals surface area contributed by atoms with E-state index < -0.39 is 5.91 Å². The van der Waals surface area contributed by atoms with Crippen molar-refractivity contribution in [2.45, 2.75) is 25.9 Å². The summed E-state index contributed by atoms with van der Waals surface area (Å²) < 4.78 is 0. The van der Waals surface area contributed by atoms with Gasteiger partial charge in [0.25, 0.3) is 5.91 Å². The third-order valence-electron chi connectivity index (χ3n) is 4.25. The highest BCUT2D eigenvalue weighted by Gasteiger charge is 2.16. The number of hydrogen-bond acceptors (Lipinski definition) is 4. The normalized spacial score (nSPS) is 10.8. The fraction of sp³-hybridized carbons (Fsp3) is 0.211. The van der Waals surface area contributed by atoms with Gasteiger partial charge in [0, 0.05) is 30.1 Å². The van der Waals surface area contributed by atoms with Crippen LogP contribution < -0.4 is 16.8 Å². The monoisotopic (exact) mass is 351 g/mol. The van der Waals surface area contributed by atoms with Crippen LogP contribution in [-0.4, -0.2) is 21.8 Å². The molecule has 0 aliphatic carbocycles. The molecule has 0 fully saturated rings. The summed E-state index contributed by atoms with van der Waals surface area (Å²) in [5.74, 6) is -0.648. The molecule has 6 N–H and O–H groups in total. The Bertz CT molecular complexity index is 948. The number of H-pyrrole nitrogens is 1. The number of nitrogens with one attached hydrogen (secondary N) is 2. The topological polar surface area (TPSA) is 127 Å². The SMILES string of the molecule is NCc1ccnc(CNC(=O)CCc2c(C(N)=O)[nH]c3ccccc23)c1. The van der Waals surface area contributed by atoms with Crippen molar-refractivity contribution in [2.24, 2.45) is 11.5 Å². The summed E-state index contributed by atoms with van der Waals surface area (Å²) in [6.45, 7) is 0.767. The molecule has 2 amide bonds. The maximum atomic E-state index is 12.2. The Labute approximate surface area is 150 Å². The molecular weight excluding hydrogens is 330 g/mol. The Morgan fingerprint density at radius 1 is 1.19 bits per heavy atom. The van der Waals surface area contributed by atoms with Gasteiger partial charge >= 0.3 is 0 Å². The minimum absolute atomic E-state index is 0.120. The summed E-state index contributed by atoms with van der Waals surface area (Å²) in [6, 6.07) is 11.3. The van der Waals surface area contributed by atoms with Gasteiger partial charge in [-0.15, -0.1) is 0 Å². The standard InChI is InChI=1S/C19H21N5O2/c20-10-12-7-8-22-13(9-12)11-23-17(25)6-5-15-14-3-1-2-4-16(14)24-18(15)19(21)26/h1-4,7-9,24H,5-6,10-11,20H2,(H2,21,26)(H,23,25). The maximum Gasteiger partial charge on any atom is 0.265 e. The van der Waals surface area contributed by atoms with E-state index in [2.05, 4.69) is 15.3 Å². The van der Waals surface area contributed by atoms with E-state index in [0.29, 0.717) is 25.2 Å². The average molecular weight is 351 g/mol. The predicted molar refractivity (Wildman–Crippen MR) is 99.1 cm³/mol. The zero-order valence-corrected chi connectivity index (χ0v) is 14.3. The van der Waals surface area contributed by atoms with Gasteiger partial charge in [0.05, 0.1) is 12.2 Å². The fourth-order valence-electron chi connectivity index (χ4n) is 2.94. The zero-order chi connectivity index (χ0) is 18.5. The van der Waals surface area contributed by atoms with Gasteiger partial charge in [-0.05, 0) is 35.7 Å². The third kappa shape index (κ3) is 3.89. The molecule has 1 aromatic carbocycles. The molecule has 7 nitrogen and oxygen atoms in total. The van der Waals surface area contributed by atoms with Crippen molar-refractivity contribution in [2.75, 3.05) is 0 Å². The summed E-state index contributed by atoms with van der Waals surface area (Å²) in [5, 5.41) is 3.75. The van der Waals surface area contributed by atoms with Crippen LogP contribution in [-0.2, 0) is 24.3 Å². The molecule has 0 saturated heterocycles. The number of amides is 2. The summed E-state index contributed by atoms with van der Waals surface area (Å²) >= 11 is 0. The number of para-hydroxylation sites is 1. The number of carbonyl (C=O) groups is 2. The molecule has 7 heteroatoms. The number of benzene rings is 1. The van der Waals surface area contributed by atoms with Gasteiger partial charge in [0.15, 0.2) is 0 Å². The fourth-order valence-corrected chi connectivity index (χ4v) is 2.94. The van der Waals surface area contributed by atoms with Crippen LogP contribution in [0.1, 0.15) is 33.7 Å². The Balaban J connectivity index is 1.65. The van der Waals surface area contributed by atoms with Gasteiger partial charge in [-0.2, -0.15) is 0 Å². The number of nitrogens with two attached hydrogens (primary N) is 2. The van der Waals surface area contributed by atoms with E-state index in [1.54, 1.807) is 6.20 Å². The highest BCUT2D eigenvalue weighted by atomic mass is 16.2. The first kappa shape index (κ1) is 17.6. The van der Waals surface area contributed by atoms with Crippen molar-refractivity contribution in [1.29, 1.82) is 0 Å². The molecule has 26 heavy (non-hydrogen) atoms. The van der Waals surface area contributed by atoms with E-state index in [1.807, 2.05) is 36.4 Å². The number of aryl methyl sites for hydroxylation is 1. The van der Waals surface area contributed by atoms with E-state index >= 15 is 0 Å². The third-order valence-corrected chi connectivity index (χ3v) is 4.25. The lowest BCUT2D eigenvalue weighted by Gasteiger charge is -2.06. The van der Waals surface area contributed by atoms with Crippen LogP contribution in [0.2, 0.25) is 0 Å². The smallest absolute Gasteiger partial charge is 0.265 e. The number of hydrogen-bond donors (Lipinski definition) is 4. The molecule has 0 atom stereocenters. The summed E-state index contributed by atoms with van der Waals surface area (Å²) in [7, 11) is 0. The number of pyridine rings is 1. The van der Waals surface area contributed by atoms with Crippen molar-refractivity contribution >= 4 is 22.7 Å². The summed E-state index contributed by atoms with van der Waals surface area (Å²) in [5.41, 5.74) is 14.7. The number of nitrogens with zero attached hydrogens (tertiary/aromatic N) is 1. The van der Waals surface area contributed by atoms with Gasteiger partial charge < -0.3 is 21.8 Å². The van der Waals surface area contributed by atoms with Crippen LogP contribution >= 0.6 is 0 Å². The van der Waals surface area contributed by atoms with Crippen LogP contribution in [0.5, 0.6) is 0 Å². The molecule has 2 heterocycles. The zero-order valence-electron chi connectivity index (χ0n) is 14.3. The molecule has 0 unspecified atom stereocenters. The van der Waals surface area contributed by atoms with Crippen LogP contribution in [0.25, 0.3) is 10.9 Å². The minimum atomic E-state index is -0.528. The Morgan fingerprint density at radius 3 is 2.77 bits per heavy atom. The van der Waals surface area contributed by atoms with Crippen LogP contribution in [0.15, 0.2) is 42.6 Å². The van der Waals surface area contributed by atoms with Crippen molar-refractivity contribution in [1.82, 2.24) is 15.3 Å². The van der Waals surface area contributed by atoms with Crippen LogP contribution in [0, 0.1) is 0 Å². The number of fused-ring (bicyclic) bond motifs is 1. The molecule has 3 rings (SSSR count). The summed E-state index contributed by atoms with van der Waals surface area (Å²) in [4.78, 5) is 31.1. The van der Waals surface area contributed by atoms with Gasteiger partial charge in [-0.3, -0.25) is 14.6 Å². The van der Waals surface area contributed by atoms with Crippen molar-refractivity contribution < 1.29 is 9.59 Å². The molecule has 0 bridgehead atoms. The lowest BCUT2D eigenvalue weighted by Crippen LogP contribution is -2.24. The minimum Gasteiger partial charge on any atom is -0.364 e. The van der Waals surface area contributed by atoms with Gasteiger partial charge in [0.1, 0.15) is 5.69 Å². The quantitative estimate of drug-likeness (QED) is 0.512. The second-order valence-electron chi connectivity index (χ2n) is 6.02. The number of carbonyl (C=O) groups excluding carboxylic acids is 2. The average Bonchev–Trinajstić information content (AvgIpc) is 3.04. The second kappa shape index (κ2) is 7.79. The van der Waals surface area contributed by atoms with Crippen molar-refractivity contribution in [3.63, 3.8) is 0 Å². The largest absolute Gasteiger partial charge is 0.364 e. The first-order chi connectivity index (χ1) is 12.6. The Morgan fingerprint density at radius 2 is 2.00 bits per heavy atom. The van der Waals surface area contributed by atoms with Crippen LogP contribution in [0.4, 0.5) is 0 Å². The molecule has 0 aliphatic rings. The highest BCUT2D eigenvalue weighted by Crippen LogP contribution is 2.23. The van der Waals surface area contributed by atoms with Crippen LogP contribution in [0.3, 0.4) is 0 Å². The molecule has 134 valence electrons. The first-order valence-corrected chi connectivity index (χ1v) is 8.38. The molecule has 0 saturated carbocycles. The van der Waals surface area contributed by atoms with Crippen molar-refractivity contribution in [3.05, 3.63) is 65.1 Å². The molecule has 0 spiro atoms. The molecule has 0 radical (unpaired) electrons. The van der Waals surface area contributed by atoms with E-state index in [9.17, 15) is 9.59 Å². The molecule has 2 aromatic heterocycles. The lowest BCUT2D eigenvalue weighted by molar-refractivity contribution is -0.121. The van der Waals surface area contributed by atoms with E-state index in [-0.39, 0.29) is 12.3 Å². The number of rotatable bonds is 7. The van der Waals surface area contributed by atoms with Gasteiger partial charge in [0.2, 0.25) is 5.91 Å². The second-order valence-corrected chi connectivity index (χ2v) is 6.02. The Hall–Kier alpha value is -3.19. The Kier molecular flexibility index (Phi) is 5.28. The van der Waals surface area contributed by atoms with Crippen molar-refractivity contribution in [3.8, 4) is 0 Å². The maximum absolute atomic E-state index is 12.2. The predicted octanol–water partition coefficient (Wildman–Crippen LogP) is 1.37. The van der Waals surface area contributed by atoms with E-state index in [1.165, 1.54) is 0 Å². The number of primary amides is 1. The van der Waals surface area contributed by atoms with Gasteiger partial charge in [-0.1, -0.05) is 18.2 Å². The molecule has 0 aliphatic heterocycles. The number of aromatic amines is 1.